The molecule has 0 aliphatic carbocycles. The van der Waals surface area contributed by atoms with Gasteiger partial charge in [-0.25, -0.2) is 4.98 Å². The summed E-state index contributed by atoms with van der Waals surface area (Å²) in [6.07, 6.45) is 2.24. The van der Waals surface area contributed by atoms with Crippen LogP contribution in [0.3, 0.4) is 0 Å². The highest BCUT2D eigenvalue weighted by molar-refractivity contribution is 5.86. The van der Waals surface area contributed by atoms with Crippen molar-refractivity contribution in [1.29, 1.82) is 0 Å². The summed E-state index contributed by atoms with van der Waals surface area (Å²) in [5, 5.41) is 14.1. The molecule has 1 amide bonds. The van der Waals surface area contributed by atoms with Crippen LogP contribution in [0.2, 0.25) is 0 Å². The van der Waals surface area contributed by atoms with Crippen molar-refractivity contribution in [2.45, 2.75) is 45.1 Å². The van der Waals surface area contributed by atoms with Crippen molar-refractivity contribution in [2.75, 3.05) is 5.73 Å². The molecule has 26 heavy (non-hydrogen) atoms. The Kier molecular flexibility index (Phi) is 4.98. The fourth-order valence-electron chi connectivity index (χ4n) is 3.73. The van der Waals surface area contributed by atoms with E-state index in [2.05, 4.69) is 10.3 Å². The number of likely N-dealkylation sites (tertiary alicyclic amines) is 1. The fourth-order valence-corrected chi connectivity index (χ4v) is 3.73. The summed E-state index contributed by atoms with van der Waals surface area (Å²) in [5.41, 5.74) is 7.75. The highest BCUT2D eigenvalue weighted by Gasteiger charge is 2.52. The van der Waals surface area contributed by atoms with Crippen molar-refractivity contribution in [3.05, 3.63) is 59.8 Å². The second kappa shape index (κ2) is 7.05. The van der Waals surface area contributed by atoms with E-state index < -0.39 is 5.85 Å². The summed E-state index contributed by atoms with van der Waals surface area (Å²) in [6, 6.07) is 13.3. The first-order valence-corrected chi connectivity index (χ1v) is 8.88. The van der Waals surface area contributed by atoms with Crippen LogP contribution in [-0.4, -0.2) is 32.8 Å². The number of hydrogen-bond donors (Lipinski definition) is 3. The number of aromatic nitrogens is 1. The maximum Gasteiger partial charge on any atom is 0.231 e. The van der Waals surface area contributed by atoms with E-state index in [1.54, 1.807) is 19.2 Å². The molecule has 1 fully saturated rings. The van der Waals surface area contributed by atoms with E-state index >= 15 is 0 Å². The molecule has 4 atom stereocenters. The Morgan fingerprint density at radius 2 is 2.04 bits per heavy atom. The minimum absolute atomic E-state index is 0.0642. The number of rotatable bonds is 6. The van der Waals surface area contributed by atoms with Gasteiger partial charge in [-0.1, -0.05) is 30.3 Å². The number of anilines is 1. The maximum atomic E-state index is 12.7. The SMILES string of the molecule is C[C@@H]1[C@@H](Cc2ccnc(N)c2)C(=O)N1C(C)(O)N[C@H](C)c1ccccc1. The van der Waals surface area contributed by atoms with Gasteiger partial charge in [0.05, 0.1) is 5.92 Å². The normalized spacial score (nSPS) is 23.2. The number of nitrogens with two attached hydrogens (primary N) is 1. The summed E-state index contributed by atoms with van der Waals surface area (Å²) >= 11 is 0. The highest BCUT2D eigenvalue weighted by atomic mass is 16.3. The highest BCUT2D eigenvalue weighted by Crippen LogP contribution is 2.35. The number of aliphatic hydroxyl groups is 1. The summed E-state index contributed by atoms with van der Waals surface area (Å²) in [5.74, 6) is -1.20. The van der Waals surface area contributed by atoms with Crippen molar-refractivity contribution in [3.8, 4) is 0 Å². The molecule has 2 heterocycles. The number of carbonyl (C=O) groups is 1. The molecule has 1 unspecified atom stereocenters. The Labute approximate surface area is 154 Å². The van der Waals surface area contributed by atoms with Crippen LogP contribution in [0.4, 0.5) is 5.82 Å². The third kappa shape index (κ3) is 3.57. The minimum atomic E-state index is -1.42. The number of nitrogens with one attached hydrogen (secondary N) is 1. The lowest BCUT2D eigenvalue weighted by Gasteiger charge is -2.53. The van der Waals surface area contributed by atoms with Crippen LogP contribution in [0, 0.1) is 5.92 Å². The second-order valence-electron chi connectivity index (χ2n) is 7.15. The van der Waals surface area contributed by atoms with Gasteiger partial charge in [-0.3, -0.25) is 15.0 Å². The third-order valence-corrected chi connectivity index (χ3v) is 5.10. The number of carbonyl (C=O) groups excluding carboxylic acids is 1. The number of benzene rings is 1. The number of pyridine rings is 1. The molecule has 1 aromatic carbocycles. The molecule has 0 saturated carbocycles. The van der Waals surface area contributed by atoms with Crippen LogP contribution in [0.1, 0.15) is 37.9 Å². The molecule has 1 saturated heterocycles. The Hall–Kier alpha value is -2.44. The van der Waals surface area contributed by atoms with Crippen LogP contribution in [0.5, 0.6) is 0 Å². The van der Waals surface area contributed by atoms with Crippen LogP contribution < -0.4 is 11.1 Å². The largest absolute Gasteiger partial charge is 0.384 e. The van der Waals surface area contributed by atoms with Crippen LogP contribution >= 0.6 is 0 Å². The molecule has 2 aromatic rings. The molecule has 6 nitrogen and oxygen atoms in total. The van der Waals surface area contributed by atoms with Crippen molar-refractivity contribution in [2.24, 2.45) is 5.92 Å². The number of β-lactam (4-membered cyclic amide) rings is 1. The molecule has 1 aliphatic heterocycles. The summed E-state index contributed by atoms with van der Waals surface area (Å²) < 4.78 is 0. The molecular weight excluding hydrogens is 328 g/mol. The second-order valence-corrected chi connectivity index (χ2v) is 7.15. The van der Waals surface area contributed by atoms with E-state index in [9.17, 15) is 9.90 Å². The molecule has 0 radical (unpaired) electrons. The van der Waals surface area contributed by atoms with Crippen molar-refractivity contribution in [3.63, 3.8) is 0 Å². The van der Waals surface area contributed by atoms with E-state index in [0.29, 0.717) is 12.2 Å². The predicted octanol–water partition coefficient (Wildman–Crippen LogP) is 2.07. The van der Waals surface area contributed by atoms with Crippen LogP contribution in [0.15, 0.2) is 48.7 Å². The topological polar surface area (TPSA) is 91.5 Å². The van der Waals surface area contributed by atoms with Gasteiger partial charge in [0.25, 0.3) is 0 Å². The zero-order valence-corrected chi connectivity index (χ0v) is 15.4. The standard InChI is InChI=1S/C20H26N4O2/c1-13(16-7-5-4-6-8-16)23-20(3,26)24-14(2)17(19(24)25)11-15-9-10-22-18(21)12-15/h4-10,12-14,17,23,26H,11H2,1-3H3,(H2,21,22)/t13-,14-,17-,20?/m1/s1. The van der Waals surface area contributed by atoms with Gasteiger partial charge in [-0.2, -0.15) is 0 Å². The zero-order valence-electron chi connectivity index (χ0n) is 15.4. The lowest BCUT2D eigenvalue weighted by Crippen LogP contribution is -2.72. The maximum absolute atomic E-state index is 12.7. The Balaban J connectivity index is 1.67. The van der Waals surface area contributed by atoms with Gasteiger partial charge in [-0.05, 0) is 50.5 Å². The van der Waals surface area contributed by atoms with Crippen molar-refractivity contribution >= 4 is 11.7 Å². The van der Waals surface area contributed by atoms with Crippen molar-refractivity contribution < 1.29 is 9.90 Å². The first-order valence-electron chi connectivity index (χ1n) is 8.88. The van der Waals surface area contributed by atoms with Gasteiger partial charge in [0.2, 0.25) is 5.91 Å². The smallest absolute Gasteiger partial charge is 0.231 e. The summed E-state index contributed by atoms with van der Waals surface area (Å²) in [7, 11) is 0. The van der Waals surface area contributed by atoms with E-state index in [-0.39, 0.29) is 23.9 Å². The van der Waals surface area contributed by atoms with Crippen LogP contribution in [0.25, 0.3) is 0 Å². The molecule has 0 spiro atoms. The first-order chi connectivity index (χ1) is 12.3. The van der Waals surface area contributed by atoms with E-state index in [0.717, 1.165) is 11.1 Å². The van der Waals surface area contributed by atoms with Crippen molar-refractivity contribution in [1.82, 2.24) is 15.2 Å². The number of amides is 1. The molecular formula is C20H26N4O2. The average Bonchev–Trinajstić information content (AvgIpc) is 2.60. The molecule has 0 bridgehead atoms. The average molecular weight is 354 g/mol. The monoisotopic (exact) mass is 354 g/mol. The minimum Gasteiger partial charge on any atom is -0.384 e. The van der Waals surface area contributed by atoms with Gasteiger partial charge in [0.1, 0.15) is 5.82 Å². The third-order valence-electron chi connectivity index (χ3n) is 5.10. The molecule has 4 N–H and O–H groups in total. The molecule has 138 valence electrons. The van der Waals surface area contributed by atoms with Gasteiger partial charge < -0.3 is 10.8 Å². The van der Waals surface area contributed by atoms with Gasteiger partial charge >= 0.3 is 0 Å². The van der Waals surface area contributed by atoms with E-state index in [1.807, 2.05) is 50.2 Å². The quantitative estimate of drug-likeness (QED) is 0.546. The number of hydrogen-bond acceptors (Lipinski definition) is 5. The Morgan fingerprint density at radius 1 is 1.35 bits per heavy atom. The van der Waals surface area contributed by atoms with Crippen LogP contribution in [-0.2, 0) is 11.2 Å². The summed E-state index contributed by atoms with van der Waals surface area (Å²) in [4.78, 5) is 18.2. The summed E-state index contributed by atoms with van der Waals surface area (Å²) in [6.45, 7) is 5.55. The molecule has 6 heteroatoms. The zero-order chi connectivity index (χ0) is 18.9. The number of nitrogens with zero attached hydrogens (tertiary/aromatic N) is 2. The predicted molar refractivity (Wildman–Crippen MR) is 101 cm³/mol. The molecule has 3 rings (SSSR count). The van der Waals surface area contributed by atoms with E-state index in [4.69, 9.17) is 5.73 Å². The first kappa shape index (κ1) is 18.4. The number of nitrogen functional groups attached to an aromatic ring is 1. The lowest BCUT2D eigenvalue weighted by molar-refractivity contribution is -0.207. The molecule has 1 aromatic heterocycles. The Morgan fingerprint density at radius 3 is 2.65 bits per heavy atom. The fraction of sp³-hybridized carbons (Fsp3) is 0.400. The van der Waals surface area contributed by atoms with Gasteiger partial charge in [0, 0.05) is 18.3 Å². The lowest BCUT2D eigenvalue weighted by atomic mass is 9.82. The van der Waals surface area contributed by atoms with E-state index in [1.165, 1.54) is 4.90 Å². The van der Waals surface area contributed by atoms with Gasteiger partial charge in [-0.15, -0.1) is 0 Å². The van der Waals surface area contributed by atoms with Gasteiger partial charge in [0.15, 0.2) is 5.85 Å². The Bertz CT molecular complexity index is 778. The molecule has 1 aliphatic rings.